The number of rotatable bonds is 7. The van der Waals surface area contributed by atoms with Crippen LogP contribution in [0.5, 0.6) is 0 Å². The van der Waals surface area contributed by atoms with Crippen molar-refractivity contribution in [3.05, 3.63) is 22.4 Å². The maximum Gasteiger partial charge on any atom is 0.220 e. The van der Waals surface area contributed by atoms with Gasteiger partial charge in [0.15, 0.2) is 0 Å². The third kappa shape index (κ3) is 5.80. The lowest BCUT2D eigenvalue weighted by molar-refractivity contribution is -0.121. The van der Waals surface area contributed by atoms with Gasteiger partial charge in [-0.3, -0.25) is 4.79 Å². The number of hydrogen-bond donors (Lipinski definition) is 1. The molecule has 0 aromatic carbocycles. The van der Waals surface area contributed by atoms with Crippen molar-refractivity contribution < 1.29 is 4.79 Å². The van der Waals surface area contributed by atoms with E-state index in [-0.39, 0.29) is 5.91 Å². The fourth-order valence-corrected chi connectivity index (χ4v) is 2.14. The Balaban J connectivity index is 2.02. The van der Waals surface area contributed by atoms with Gasteiger partial charge in [0.2, 0.25) is 5.91 Å². The van der Waals surface area contributed by atoms with Crippen LogP contribution in [0.15, 0.2) is 16.8 Å². The van der Waals surface area contributed by atoms with Crippen LogP contribution in [-0.4, -0.2) is 18.3 Å². The average molecular weight is 246 g/mol. The lowest BCUT2D eigenvalue weighted by Crippen LogP contribution is -2.25. The number of carbonyl (C=O) groups is 1. The quantitative estimate of drug-likeness (QED) is 0.581. The van der Waals surface area contributed by atoms with Crippen LogP contribution in [0.3, 0.4) is 0 Å². The third-order valence-electron chi connectivity index (χ3n) is 2.10. The van der Waals surface area contributed by atoms with E-state index in [2.05, 4.69) is 22.1 Å². The Morgan fingerprint density at radius 2 is 2.33 bits per heavy atom. The van der Waals surface area contributed by atoms with Crippen LogP contribution < -0.4 is 5.32 Å². The Morgan fingerprint density at radius 3 is 3.00 bits per heavy atom. The Kier molecular flexibility index (Phi) is 6.44. The Hall–Kier alpha value is -0.540. The number of nitrogens with one attached hydrogen (secondary N) is 1. The van der Waals surface area contributed by atoms with Crippen molar-refractivity contribution in [1.29, 1.82) is 0 Å². The number of unbranched alkanes of at least 4 members (excludes halogenated alkanes) is 1. The first kappa shape index (κ1) is 12.5. The van der Waals surface area contributed by atoms with Gasteiger partial charge < -0.3 is 5.32 Å². The molecule has 4 heteroatoms. The topological polar surface area (TPSA) is 29.1 Å². The van der Waals surface area contributed by atoms with Crippen molar-refractivity contribution in [3.63, 3.8) is 0 Å². The monoisotopic (exact) mass is 245 g/mol. The van der Waals surface area contributed by atoms with E-state index in [1.54, 1.807) is 11.3 Å². The van der Waals surface area contributed by atoms with E-state index in [0.717, 1.165) is 25.8 Å². The fraction of sp³-hybridized carbons (Fsp3) is 0.545. The highest BCUT2D eigenvalue weighted by molar-refractivity contribution is 7.07. The molecule has 1 amide bonds. The Morgan fingerprint density at radius 1 is 1.47 bits per heavy atom. The first-order chi connectivity index (χ1) is 7.33. The smallest absolute Gasteiger partial charge is 0.220 e. The van der Waals surface area contributed by atoms with Crippen molar-refractivity contribution in [2.45, 2.75) is 25.7 Å². The highest BCUT2D eigenvalue weighted by Gasteiger charge is 2.00. The minimum atomic E-state index is 0.135. The third-order valence-corrected chi connectivity index (χ3v) is 3.10. The Bertz CT molecular complexity index is 274. The summed E-state index contributed by atoms with van der Waals surface area (Å²) in [7, 11) is 0. The molecule has 0 aliphatic carbocycles. The number of hydrogen-bond acceptors (Lipinski definition) is 2. The van der Waals surface area contributed by atoms with Gasteiger partial charge in [-0.2, -0.15) is 11.3 Å². The van der Waals surface area contributed by atoms with Gasteiger partial charge in [0, 0.05) is 18.8 Å². The van der Waals surface area contributed by atoms with Crippen LogP contribution in [0.4, 0.5) is 0 Å². The molecular formula is C11H16ClNOS. The molecule has 84 valence electrons. The van der Waals surface area contributed by atoms with Gasteiger partial charge in [0.05, 0.1) is 0 Å². The lowest BCUT2D eigenvalue weighted by atomic mass is 10.2. The highest BCUT2D eigenvalue weighted by Crippen LogP contribution is 2.05. The standard InChI is InChI=1S/C11H16ClNOS/c12-6-2-1-3-11(14)13-7-4-10-5-8-15-9-10/h5,8-9H,1-4,6-7H2,(H,13,14). The predicted octanol–water partition coefficient (Wildman–Crippen LogP) is 2.82. The maximum absolute atomic E-state index is 11.3. The van der Waals surface area contributed by atoms with Gasteiger partial charge in [-0.15, -0.1) is 11.6 Å². The van der Waals surface area contributed by atoms with Crippen molar-refractivity contribution in [3.8, 4) is 0 Å². The summed E-state index contributed by atoms with van der Waals surface area (Å²) in [5.41, 5.74) is 1.29. The minimum absolute atomic E-state index is 0.135. The highest BCUT2D eigenvalue weighted by atomic mass is 35.5. The van der Waals surface area contributed by atoms with E-state index in [9.17, 15) is 4.79 Å². The van der Waals surface area contributed by atoms with E-state index in [1.807, 2.05) is 0 Å². The molecule has 15 heavy (non-hydrogen) atoms. The summed E-state index contributed by atoms with van der Waals surface area (Å²) >= 11 is 7.21. The zero-order chi connectivity index (χ0) is 10.9. The summed E-state index contributed by atoms with van der Waals surface area (Å²) in [6.07, 6.45) is 3.31. The molecule has 0 fully saturated rings. The molecule has 2 nitrogen and oxygen atoms in total. The molecule has 1 aromatic rings. The van der Waals surface area contributed by atoms with Gasteiger partial charge in [-0.25, -0.2) is 0 Å². The number of carbonyl (C=O) groups excluding carboxylic acids is 1. The SMILES string of the molecule is O=C(CCCCCl)NCCc1ccsc1. The molecule has 0 unspecified atom stereocenters. The molecule has 0 saturated heterocycles. The zero-order valence-electron chi connectivity index (χ0n) is 8.67. The van der Waals surface area contributed by atoms with Gasteiger partial charge >= 0.3 is 0 Å². The lowest BCUT2D eigenvalue weighted by Gasteiger charge is -2.03. The number of halogens is 1. The number of amides is 1. The first-order valence-electron chi connectivity index (χ1n) is 5.16. The van der Waals surface area contributed by atoms with E-state index in [4.69, 9.17) is 11.6 Å². The normalized spacial score (nSPS) is 10.2. The fourth-order valence-electron chi connectivity index (χ4n) is 1.25. The molecule has 0 saturated carbocycles. The van der Waals surface area contributed by atoms with E-state index >= 15 is 0 Å². The number of thiophene rings is 1. The van der Waals surface area contributed by atoms with Crippen molar-refractivity contribution in [2.24, 2.45) is 0 Å². The first-order valence-corrected chi connectivity index (χ1v) is 6.64. The summed E-state index contributed by atoms with van der Waals surface area (Å²) < 4.78 is 0. The zero-order valence-corrected chi connectivity index (χ0v) is 10.2. The maximum atomic E-state index is 11.3. The summed E-state index contributed by atoms with van der Waals surface area (Å²) in [5, 5.41) is 7.07. The van der Waals surface area contributed by atoms with Gasteiger partial charge in [-0.1, -0.05) is 0 Å². The molecule has 1 heterocycles. The molecule has 1 aromatic heterocycles. The second-order valence-corrected chi connectivity index (χ2v) is 4.54. The van der Waals surface area contributed by atoms with E-state index < -0.39 is 0 Å². The van der Waals surface area contributed by atoms with E-state index in [1.165, 1.54) is 5.56 Å². The summed E-state index contributed by atoms with van der Waals surface area (Å²) in [4.78, 5) is 11.3. The molecule has 0 atom stereocenters. The van der Waals surface area contributed by atoms with Gasteiger partial charge in [0.25, 0.3) is 0 Å². The molecule has 0 bridgehead atoms. The number of alkyl halides is 1. The summed E-state index contributed by atoms with van der Waals surface area (Å²) in [6.45, 7) is 0.733. The van der Waals surface area contributed by atoms with Crippen LogP contribution in [0.25, 0.3) is 0 Å². The molecular weight excluding hydrogens is 230 g/mol. The van der Waals surface area contributed by atoms with Crippen molar-refractivity contribution in [1.82, 2.24) is 5.32 Å². The van der Waals surface area contributed by atoms with Crippen LogP contribution in [0.1, 0.15) is 24.8 Å². The molecule has 0 aliphatic rings. The van der Waals surface area contributed by atoms with Gasteiger partial charge in [0.1, 0.15) is 0 Å². The summed E-state index contributed by atoms with van der Waals surface area (Å²) in [5.74, 6) is 0.776. The molecule has 1 N–H and O–H groups in total. The molecule has 1 rings (SSSR count). The minimum Gasteiger partial charge on any atom is -0.356 e. The largest absolute Gasteiger partial charge is 0.356 e. The second kappa shape index (κ2) is 7.71. The molecule has 0 radical (unpaired) electrons. The van der Waals surface area contributed by atoms with Gasteiger partial charge in [-0.05, 0) is 41.7 Å². The second-order valence-electron chi connectivity index (χ2n) is 3.38. The predicted molar refractivity (Wildman–Crippen MR) is 65.6 cm³/mol. The van der Waals surface area contributed by atoms with Crippen LogP contribution in [0.2, 0.25) is 0 Å². The average Bonchev–Trinajstić information content (AvgIpc) is 2.71. The van der Waals surface area contributed by atoms with Crippen LogP contribution in [-0.2, 0) is 11.2 Å². The van der Waals surface area contributed by atoms with Crippen molar-refractivity contribution in [2.75, 3.05) is 12.4 Å². The van der Waals surface area contributed by atoms with Crippen molar-refractivity contribution >= 4 is 28.8 Å². The summed E-state index contributed by atoms with van der Waals surface area (Å²) in [6, 6.07) is 2.09. The molecule has 0 aliphatic heterocycles. The Labute approximate surface area is 99.6 Å². The van der Waals surface area contributed by atoms with Crippen LogP contribution >= 0.6 is 22.9 Å². The molecule has 0 spiro atoms. The van der Waals surface area contributed by atoms with Crippen LogP contribution in [0, 0.1) is 0 Å². The van der Waals surface area contributed by atoms with E-state index in [0.29, 0.717) is 12.3 Å².